The fraction of sp³-hybridized carbons (Fsp3) is 0.368. The fourth-order valence-electron chi connectivity index (χ4n) is 3.44. The Bertz CT molecular complexity index is 863. The van der Waals surface area contributed by atoms with E-state index in [1.54, 1.807) is 0 Å². The highest BCUT2D eigenvalue weighted by molar-refractivity contribution is 5.93. The van der Waals surface area contributed by atoms with E-state index in [0.29, 0.717) is 12.3 Å². The first-order chi connectivity index (χ1) is 11.8. The van der Waals surface area contributed by atoms with Crippen molar-refractivity contribution in [1.29, 1.82) is 0 Å². The molecule has 1 aliphatic rings. The number of para-hydroxylation sites is 1. The number of nitrogens with one attached hydrogen (secondary N) is 1. The van der Waals surface area contributed by atoms with Gasteiger partial charge in [0, 0.05) is 30.4 Å². The van der Waals surface area contributed by atoms with Gasteiger partial charge in [0.05, 0.1) is 5.69 Å². The summed E-state index contributed by atoms with van der Waals surface area (Å²) in [7, 11) is 0. The molecule has 5 nitrogen and oxygen atoms in total. The van der Waals surface area contributed by atoms with Crippen molar-refractivity contribution in [2.24, 2.45) is 0 Å². The van der Waals surface area contributed by atoms with Crippen molar-refractivity contribution in [2.45, 2.75) is 38.6 Å². The minimum Gasteiger partial charge on any atom is -0.350 e. The third-order valence-electron chi connectivity index (χ3n) is 4.71. The topological polar surface area (TPSA) is 60.1 Å². The molecular weight excluding hydrogens is 302 g/mol. The minimum absolute atomic E-state index is 0.136. The van der Waals surface area contributed by atoms with E-state index in [2.05, 4.69) is 39.4 Å². The Labute approximate surface area is 140 Å². The summed E-state index contributed by atoms with van der Waals surface area (Å²) in [6, 6.07) is 10.4. The summed E-state index contributed by atoms with van der Waals surface area (Å²) >= 11 is 0. The molecule has 0 aliphatic heterocycles. The van der Waals surface area contributed by atoms with Gasteiger partial charge in [-0.15, -0.1) is 0 Å². The molecule has 3 aromatic rings. The molecule has 0 unspecified atom stereocenters. The van der Waals surface area contributed by atoms with E-state index in [4.69, 9.17) is 4.52 Å². The molecule has 0 fully saturated rings. The summed E-state index contributed by atoms with van der Waals surface area (Å²) in [5.74, 6) is 0.277. The molecule has 1 aliphatic carbocycles. The molecule has 0 radical (unpaired) electrons. The van der Waals surface area contributed by atoms with Crippen LogP contribution in [0.25, 0.3) is 10.9 Å². The first kappa shape index (κ1) is 15.0. The zero-order valence-corrected chi connectivity index (χ0v) is 13.6. The first-order valence-corrected chi connectivity index (χ1v) is 8.62. The van der Waals surface area contributed by atoms with Gasteiger partial charge in [-0.05, 0) is 49.6 Å². The smallest absolute Gasteiger partial charge is 0.290 e. The maximum Gasteiger partial charge on any atom is 0.290 e. The molecule has 0 saturated heterocycles. The zero-order valence-electron chi connectivity index (χ0n) is 13.6. The number of hydrogen-bond donors (Lipinski definition) is 1. The molecule has 0 bridgehead atoms. The molecule has 1 N–H and O–H groups in total. The summed E-state index contributed by atoms with van der Waals surface area (Å²) in [4.78, 5) is 12.3. The second-order valence-corrected chi connectivity index (χ2v) is 6.32. The maximum atomic E-state index is 12.3. The number of carbonyl (C=O) groups excluding carboxylic acids is 1. The van der Waals surface area contributed by atoms with Crippen molar-refractivity contribution in [1.82, 2.24) is 15.0 Å². The quantitative estimate of drug-likeness (QED) is 0.733. The molecule has 0 atom stereocenters. The number of nitrogens with zero attached hydrogens (tertiary/aromatic N) is 2. The molecular formula is C19H21N3O2. The molecule has 5 heteroatoms. The average Bonchev–Trinajstić information content (AvgIpc) is 3.23. The molecule has 1 aromatic carbocycles. The van der Waals surface area contributed by atoms with Crippen LogP contribution in [0.5, 0.6) is 0 Å². The van der Waals surface area contributed by atoms with Crippen LogP contribution in [-0.2, 0) is 19.4 Å². The Morgan fingerprint density at radius 2 is 2.08 bits per heavy atom. The fourth-order valence-corrected chi connectivity index (χ4v) is 3.44. The van der Waals surface area contributed by atoms with E-state index in [1.165, 1.54) is 10.9 Å². The van der Waals surface area contributed by atoms with Crippen molar-refractivity contribution in [3.63, 3.8) is 0 Å². The zero-order chi connectivity index (χ0) is 16.4. The highest BCUT2D eigenvalue weighted by atomic mass is 16.5. The number of rotatable bonds is 5. The minimum atomic E-state index is -0.136. The highest BCUT2D eigenvalue weighted by Gasteiger charge is 2.23. The standard InChI is InChI=1S/C19H21N3O2/c23-19(18-15-7-2-3-8-16(15)21-24-18)20-11-5-12-22-13-10-14-6-1-4-9-17(14)22/h1,4,6,9-10,13H,2-3,5,7-8,11-12H2,(H,20,23). The van der Waals surface area contributed by atoms with Crippen LogP contribution < -0.4 is 5.32 Å². The number of carbonyl (C=O) groups is 1. The molecule has 2 aromatic heterocycles. The molecule has 2 heterocycles. The van der Waals surface area contributed by atoms with Gasteiger partial charge in [0.1, 0.15) is 0 Å². The van der Waals surface area contributed by atoms with E-state index in [1.807, 2.05) is 12.1 Å². The number of fused-ring (bicyclic) bond motifs is 2. The van der Waals surface area contributed by atoms with Crippen LogP contribution >= 0.6 is 0 Å². The van der Waals surface area contributed by atoms with Crippen LogP contribution in [0.4, 0.5) is 0 Å². The van der Waals surface area contributed by atoms with Gasteiger partial charge < -0.3 is 14.4 Å². The summed E-state index contributed by atoms with van der Waals surface area (Å²) in [6.45, 7) is 1.50. The lowest BCUT2D eigenvalue weighted by molar-refractivity contribution is 0.0914. The van der Waals surface area contributed by atoms with Crippen molar-refractivity contribution >= 4 is 16.8 Å². The lowest BCUT2D eigenvalue weighted by atomic mass is 9.96. The van der Waals surface area contributed by atoms with Crippen LogP contribution in [0.3, 0.4) is 0 Å². The molecule has 0 saturated carbocycles. The van der Waals surface area contributed by atoms with E-state index >= 15 is 0 Å². The lowest BCUT2D eigenvalue weighted by Crippen LogP contribution is -2.26. The Kier molecular flexibility index (Phi) is 4.07. The van der Waals surface area contributed by atoms with E-state index in [9.17, 15) is 4.79 Å². The molecule has 24 heavy (non-hydrogen) atoms. The normalized spacial score (nSPS) is 13.8. The highest BCUT2D eigenvalue weighted by Crippen LogP contribution is 2.23. The Hall–Kier alpha value is -2.56. The average molecular weight is 323 g/mol. The maximum absolute atomic E-state index is 12.3. The van der Waals surface area contributed by atoms with Crippen LogP contribution in [-0.4, -0.2) is 22.2 Å². The molecule has 0 spiro atoms. The van der Waals surface area contributed by atoms with Crippen LogP contribution in [0.2, 0.25) is 0 Å². The predicted octanol–water partition coefficient (Wildman–Crippen LogP) is 3.33. The van der Waals surface area contributed by atoms with Crippen molar-refractivity contribution in [3.8, 4) is 0 Å². The largest absolute Gasteiger partial charge is 0.350 e. The van der Waals surface area contributed by atoms with Gasteiger partial charge in [0.2, 0.25) is 5.76 Å². The van der Waals surface area contributed by atoms with Crippen LogP contribution in [0, 0.1) is 0 Å². The van der Waals surface area contributed by atoms with Gasteiger partial charge in [-0.3, -0.25) is 4.79 Å². The van der Waals surface area contributed by atoms with Gasteiger partial charge in [-0.2, -0.15) is 0 Å². The van der Waals surface area contributed by atoms with Gasteiger partial charge >= 0.3 is 0 Å². The first-order valence-electron chi connectivity index (χ1n) is 8.62. The summed E-state index contributed by atoms with van der Waals surface area (Å²) in [5, 5.41) is 8.25. The Morgan fingerprint density at radius 3 is 3.04 bits per heavy atom. The Balaban J connectivity index is 1.33. The van der Waals surface area contributed by atoms with Gasteiger partial charge in [0.15, 0.2) is 0 Å². The second-order valence-electron chi connectivity index (χ2n) is 6.32. The summed E-state index contributed by atoms with van der Waals surface area (Å²) < 4.78 is 7.49. The van der Waals surface area contributed by atoms with E-state index in [0.717, 1.165) is 49.9 Å². The number of amides is 1. The molecule has 1 amide bonds. The number of benzene rings is 1. The van der Waals surface area contributed by atoms with Crippen molar-refractivity contribution < 1.29 is 9.32 Å². The van der Waals surface area contributed by atoms with E-state index in [-0.39, 0.29) is 5.91 Å². The van der Waals surface area contributed by atoms with Gasteiger partial charge in [0.25, 0.3) is 5.91 Å². The summed E-state index contributed by atoms with van der Waals surface area (Å²) in [5.41, 5.74) is 3.20. The molecule has 4 rings (SSSR count). The van der Waals surface area contributed by atoms with E-state index < -0.39 is 0 Å². The Morgan fingerprint density at radius 1 is 1.21 bits per heavy atom. The molecule has 124 valence electrons. The monoisotopic (exact) mass is 323 g/mol. The summed E-state index contributed by atoms with van der Waals surface area (Å²) in [6.07, 6.45) is 7.03. The van der Waals surface area contributed by atoms with Gasteiger partial charge in [-0.1, -0.05) is 23.4 Å². The van der Waals surface area contributed by atoms with Crippen molar-refractivity contribution in [3.05, 3.63) is 53.5 Å². The van der Waals surface area contributed by atoms with Crippen molar-refractivity contribution in [2.75, 3.05) is 6.54 Å². The van der Waals surface area contributed by atoms with Crippen LogP contribution in [0.1, 0.15) is 41.1 Å². The number of aryl methyl sites for hydroxylation is 2. The third kappa shape index (κ3) is 2.82. The predicted molar refractivity (Wildman–Crippen MR) is 92.0 cm³/mol. The number of aromatic nitrogens is 2. The number of hydrogen-bond acceptors (Lipinski definition) is 3. The lowest BCUT2D eigenvalue weighted by Gasteiger charge is -2.09. The third-order valence-corrected chi connectivity index (χ3v) is 4.71. The van der Waals surface area contributed by atoms with Crippen LogP contribution in [0.15, 0.2) is 41.1 Å². The SMILES string of the molecule is O=C(NCCCn1ccc2ccccc21)c1onc2c1CCCC2. The second kappa shape index (κ2) is 6.51. The van der Waals surface area contributed by atoms with Gasteiger partial charge in [-0.25, -0.2) is 0 Å².